The summed E-state index contributed by atoms with van der Waals surface area (Å²) in [7, 11) is 0. The van der Waals surface area contributed by atoms with Gasteiger partial charge < -0.3 is 11.1 Å². The first-order valence-electron chi connectivity index (χ1n) is 6.64. The third kappa shape index (κ3) is 6.08. The predicted octanol–water partition coefficient (Wildman–Crippen LogP) is 2.53. The molecule has 3 atom stereocenters. The zero-order chi connectivity index (χ0) is 13.5. The van der Waals surface area contributed by atoms with Crippen molar-refractivity contribution < 1.29 is 4.79 Å². The molecule has 0 aliphatic rings. The second-order valence-electron chi connectivity index (χ2n) is 4.98. The Labute approximate surface area is 122 Å². The fraction of sp³-hybridized carbons (Fsp3) is 0.533. The highest BCUT2D eigenvalue weighted by Crippen LogP contribution is 2.07. The van der Waals surface area contributed by atoms with Gasteiger partial charge in [0.05, 0.1) is 6.04 Å². The van der Waals surface area contributed by atoms with Crippen LogP contribution in [0.2, 0.25) is 0 Å². The minimum atomic E-state index is -0.473. The van der Waals surface area contributed by atoms with Gasteiger partial charge in [-0.15, -0.1) is 12.4 Å². The second kappa shape index (κ2) is 8.94. The third-order valence-corrected chi connectivity index (χ3v) is 3.50. The van der Waals surface area contributed by atoms with Gasteiger partial charge in [-0.25, -0.2) is 0 Å². The van der Waals surface area contributed by atoms with Gasteiger partial charge in [-0.2, -0.15) is 0 Å². The molecule has 1 amide bonds. The van der Waals surface area contributed by atoms with E-state index in [1.165, 1.54) is 0 Å². The Morgan fingerprint density at radius 1 is 1.26 bits per heavy atom. The largest absolute Gasteiger partial charge is 0.352 e. The molecule has 3 N–H and O–H groups in total. The highest BCUT2D eigenvalue weighted by atomic mass is 35.5. The van der Waals surface area contributed by atoms with E-state index in [-0.39, 0.29) is 24.4 Å². The van der Waals surface area contributed by atoms with Crippen molar-refractivity contribution >= 4 is 18.3 Å². The number of halogens is 1. The molecule has 1 aromatic carbocycles. The van der Waals surface area contributed by atoms with Crippen LogP contribution in [0.3, 0.4) is 0 Å². The van der Waals surface area contributed by atoms with E-state index in [9.17, 15) is 4.79 Å². The van der Waals surface area contributed by atoms with E-state index in [0.29, 0.717) is 12.3 Å². The Kier molecular flexibility index (Phi) is 8.44. The highest BCUT2D eigenvalue weighted by Gasteiger charge is 2.18. The molecule has 0 aliphatic carbocycles. The average Bonchev–Trinajstić information content (AvgIpc) is 2.38. The molecule has 108 valence electrons. The molecule has 0 bridgehead atoms. The molecule has 19 heavy (non-hydrogen) atoms. The van der Waals surface area contributed by atoms with Crippen LogP contribution < -0.4 is 11.1 Å². The number of rotatable bonds is 6. The number of carbonyl (C=O) groups excluding carboxylic acids is 1. The minimum Gasteiger partial charge on any atom is -0.352 e. The monoisotopic (exact) mass is 284 g/mol. The molecule has 0 saturated heterocycles. The number of amides is 1. The standard InChI is InChI=1S/C15H24N2O.ClH/c1-4-11(2)12(3)17-15(18)14(16)10-13-8-6-5-7-9-13;/h5-9,11-12,14H,4,10,16H2,1-3H3,(H,17,18);1H. The van der Waals surface area contributed by atoms with Crippen molar-refractivity contribution in [1.82, 2.24) is 5.32 Å². The lowest BCUT2D eigenvalue weighted by molar-refractivity contribution is -0.123. The van der Waals surface area contributed by atoms with E-state index in [0.717, 1.165) is 12.0 Å². The maximum Gasteiger partial charge on any atom is 0.237 e. The molecule has 0 heterocycles. The molecule has 3 nitrogen and oxygen atoms in total. The van der Waals surface area contributed by atoms with Crippen LogP contribution in [0.5, 0.6) is 0 Å². The summed E-state index contributed by atoms with van der Waals surface area (Å²) >= 11 is 0. The van der Waals surface area contributed by atoms with E-state index in [2.05, 4.69) is 19.2 Å². The van der Waals surface area contributed by atoms with E-state index in [4.69, 9.17) is 5.73 Å². The number of carbonyl (C=O) groups is 1. The summed E-state index contributed by atoms with van der Waals surface area (Å²) in [5.41, 5.74) is 7.02. The maximum atomic E-state index is 11.9. The van der Waals surface area contributed by atoms with Crippen LogP contribution in [0, 0.1) is 5.92 Å². The normalized spacial score (nSPS) is 14.9. The summed E-state index contributed by atoms with van der Waals surface area (Å²) in [6.07, 6.45) is 1.63. The summed E-state index contributed by atoms with van der Waals surface area (Å²) < 4.78 is 0. The summed E-state index contributed by atoms with van der Waals surface area (Å²) in [6.45, 7) is 6.28. The van der Waals surface area contributed by atoms with Crippen molar-refractivity contribution in [1.29, 1.82) is 0 Å². The van der Waals surface area contributed by atoms with Gasteiger partial charge in [-0.05, 0) is 24.8 Å². The molecular weight excluding hydrogens is 260 g/mol. The number of hydrogen-bond acceptors (Lipinski definition) is 2. The number of nitrogens with one attached hydrogen (secondary N) is 1. The van der Waals surface area contributed by atoms with E-state index >= 15 is 0 Å². The topological polar surface area (TPSA) is 55.1 Å². The lowest BCUT2D eigenvalue weighted by Crippen LogP contribution is -2.47. The van der Waals surface area contributed by atoms with Crippen molar-refractivity contribution in [2.75, 3.05) is 0 Å². The zero-order valence-electron chi connectivity index (χ0n) is 11.9. The Morgan fingerprint density at radius 2 is 1.84 bits per heavy atom. The van der Waals surface area contributed by atoms with Gasteiger partial charge in [0.25, 0.3) is 0 Å². The van der Waals surface area contributed by atoms with Gasteiger partial charge >= 0.3 is 0 Å². The molecule has 0 spiro atoms. The van der Waals surface area contributed by atoms with Gasteiger partial charge in [-0.3, -0.25) is 4.79 Å². The quantitative estimate of drug-likeness (QED) is 0.843. The van der Waals surface area contributed by atoms with E-state index in [1.54, 1.807) is 0 Å². The van der Waals surface area contributed by atoms with Crippen molar-refractivity contribution in [3.8, 4) is 0 Å². The van der Waals surface area contributed by atoms with Crippen LogP contribution in [-0.2, 0) is 11.2 Å². The fourth-order valence-corrected chi connectivity index (χ4v) is 1.79. The smallest absolute Gasteiger partial charge is 0.237 e. The summed E-state index contributed by atoms with van der Waals surface area (Å²) in [5, 5.41) is 2.99. The van der Waals surface area contributed by atoms with Gasteiger partial charge in [0.1, 0.15) is 0 Å². The first-order valence-corrected chi connectivity index (χ1v) is 6.64. The van der Waals surface area contributed by atoms with Gasteiger partial charge in [0.15, 0.2) is 0 Å². The Bertz CT molecular complexity index is 370. The molecule has 1 rings (SSSR count). The molecule has 1 aromatic rings. The lowest BCUT2D eigenvalue weighted by atomic mass is 10.00. The number of benzene rings is 1. The van der Waals surface area contributed by atoms with Crippen LogP contribution >= 0.6 is 12.4 Å². The number of nitrogens with two attached hydrogens (primary N) is 1. The van der Waals surface area contributed by atoms with Gasteiger partial charge in [0.2, 0.25) is 5.91 Å². The fourth-order valence-electron chi connectivity index (χ4n) is 1.79. The van der Waals surface area contributed by atoms with Crippen molar-refractivity contribution in [2.24, 2.45) is 11.7 Å². The maximum absolute atomic E-state index is 11.9. The first kappa shape index (κ1) is 17.9. The van der Waals surface area contributed by atoms with E-state index < -0.39 is 6.04 Å². The molecule has 0 fully saturated rings. The molecule has 0 saturated carbocycles. The Balaban J connectivity index is 0.00000324. The van der Waals surface area contributed by atoms with Crippen LogP contribution in [0.25, 0.3) is 0 Å². The summed E-state index contributed by atoms with van der Waals surface area (Å²) in [6, 6.07) is 9.56. The van der Waals surface area contributed by atoms with E-state index in [1.807, 2.05) is 37.3 Å². The highest BCUT2D eigenvalue weighted by molar-refractivity contribution is 5.85. The Morgan fingerprint density at radius 3 is 2.37 bits per heavy atom. The summed E-state index contributed by atoms with van der Waals surface area (Å²) in [5.74, 6) is 0.407. The van der Waals surface area contributed by atoms with Crippen molar-refractivity contribution in [3.05, 3.63) is 35.9 Å². The first-order chi connectivity index (χ1) is 8.54. The van der Waals surface area contributed by atoms with Crippen LogP contribution in [-0.4, -0.2) is 18.0 Å². The Hall–Kier alpha value is -1.06. The van der Waals surface area contributed by atoms with Gasteiger partial charge in [-0.1, -0.05) is 50.6 Å². The minimum absolute atomic E-state index is 0. The van der Waals surface area contributed by atoms with Crippen molar-refractivity contribution in [2.45, 2.75) is 45.7 Å². The average molecular weight is 285 g/mol. The molecule has 4 heteroatoms. The third-order valence-electron chi connectivity index (χ3n) is 3.50. The molecule has 0 radical (unpaired) electrons. The molecule has 0 aromatic heterocycles. The zero-order valence-corrected chi connectivity index (χ0v) is 12.7. The summed E-state index contributed by atoms with van der Waals surface area (Å²) in [4.78, 5) is 11.9. The molecule has 3 unspecified atom stereocenters. The second-order valence-corrected chi connectivity index (χ2v) is 4.98. The van der Waals surface area contributed by atoms with Crippen LogP contribution in [0.1, 0.15) is 32.8 Å². The predicted molar refractivity (Wildman–Crippen MR) is 82.4 cm³/mol. The lowest BCUT2D eigenvalue weighted by Gasteiger charge is -2.22. The van der Waals surface area contributed by atoms with Gasteiger partial charge in [0, 0.05) is 6.04 Å². The SMILES string of the molecule is CCC(C)C(C)NC(=O)C(N)Cc1ccccc1.Cl. The molecular formula is C15H25ClN2O. The van der Waals surface area contributed by atoms with Crippen molar-refractivity contribution in [3.63, 3.8) is 0 Å². The van der Waals surface area contributed by atoms with Crippen LogP contribution in [0.15, 0.2) is 30.3 Å². The molecule has 0 aliphatic heterocycles. The number of hydrogen-bond donors (Lipinski definition) is 2. The van der Waals surface area contributed by atoms with Crippen LogP contribution in [0.4, 0.5) is 0 Å².